The molecule has 10 fully saturated rings. The van der Waals surface area contributed by atoms with Crippen molar-refractivity contribution in [3.63, 3.8) is 0 Å². The zero-order valence-corrected chi connectivity index (χ0v) is 17.0. The van der Waals surface area contributed by atoms with Gasteiger partial charge in [0, 0.05) is 0 Å². The molecule has 0 N–H and O–H groups in total. The number of hydrogen-bond acceptors (Lipinski definition) is 0. The molecule has 10 aliphatic rings. The van der Waals surface area contributed by atoms with E-state index in [0.29, 0.717) is 20.4 Å². The first-order valence-corrected chi connectivity index (χ1v) is 18.6. The van der Waals surface area contributed by atoms with Crippen LogP contribution in [0.3, 0.4) is 0 Å². The minimum atomic E-state index is -3.50. The quantitative estimate of drug-likeness (QED) is 0.227. The molecule has 0 aromatic carbocycles. The summed E-state index contributed by atoms with van der Waals surface area (Å²) in [5, 5.41) is 0. The number of fused-ring (bicyclic) bond motifs is 10. The molecule has 0 radical (unpaired) electrons. The summed E-state index contributed by atoms with van der Waals surface area (Å²) in [6.45, 7) is -4.58. The van der Waals surface area contributed by atoms with E-state index in [-0.39, 0.29) is 12.8 Å². The standard InChI is InChI=1S/C13H19F4P2.C5H5.Fe/c14-6-4-10(16)8-18-12-2-1-3-13(12)19-9-11(17)5-7-15;1-2-4-5-3-1;/h1-3,10-11,18-19H,4-9H2;1-5H;. The molecule has 8 unspecified atom stereocenters. The van der Waals surface area contributed by atoms with Gasteiger partial charge < -0.3 is 0 Å². The molecule has 0 aliphatic carbocycles. The van der Waals surface area contributed by atoms with Crippen LogP contribution in [0.25, 0.3) is 0 Å². The fourth-order valence-electron chi connectivity index (χ4n) is 18.5. The molecule has 10 rings (SSSR count). The Morgan fingerprint density at radius 1 is 0.720 bits per heavy atom. The number of alkyl halides is 4. The Kier molecular flexibility index (Phi) is 0.843. The second-order valence-corrected chi connectivity index (χ2v) is 39.9. The van der Waals surface area contributed by atoms with Crippen molar-refractivity contribution in [2.75, 3.05) is 25.7 Å². The average molecular weight is 434 g/mol. The number of halogens is 4. The summed E-state index contributed by atoms with van der Waals surface area (Å²) in [5.74, 6) is 0. The van der Waals surface area contributed by atoms with E-state index in [4.69, 9.17) is 0 Å². The summed E-state index contributed by atoms with van der Waals surface area (Å²) < 4.78 is 54.6. The van der Waals surface area contributed by atoms with Gasteiger partial charge >= 0.3 is 139 Å². The molecule has 0 bridgehead atoms. The number of rotatable bonds is 10. The molecule has 10 aliphatic heterocycles. The van der Waals surface area contributed by atoms with Crippen molar-refractivity contribution in [2.24, 2.45) is 0 Å². The summed E-state index contributed by atoms with van der Waals surface area (Å²) in [7, 11) is 1.47. The van der Waals surface area contributed by atoms with Crippen LogP contribution in [0.1, 0.15) is 12.8 Å². The van der Waals surface area contributed by atoms with Gasteiger partial charge in [0.2, 0.25) is 0 Å². The number of hydrogen-bond donors (Lipinski definition) is 0. The first-order chi connectivity index (χ1) is 11.8. The fraction of sp³-hybridized carbons (Fsp3) is 1.00. The van der Waals surface area contributed by atoms with Gasteiger partial charge in [0.05, 0.1) is 0 Å². The summed E-state index contributed by atoms with van der Waals surface area (Å²) in [5.41, 5.74) is 0. The first kappa shape index (κ1) is 13.3. The van der Waals surface area contributed by atoms with Crippen LogP contribution in [0.5, 0.6) is 0 Å². The molecule has 8 atom stereocenters. The predicted molar refractivity (Wildman–Crippen MR) is 92.8 cm³/mol. The first-order valence-electron chi connectivity index (χ1n) is 9.96. The molecule has 142 valence electrons. The Labute approximate surface area is 138 Å². The van der Waals surface area contributed by atoms with Crippen LogP contribution in [-0.4, -0.2) is 46.1 Å². The van der Waals surface area contributed by atoms with Gasteiger partial charge in [0.15, 0.2) is 0 Å². The molecule has 0 saturated carbocycles. The van der Waals surface area contributed by atoms with Crippen molar-refractivity contribution in [2.45, 2.75) is 71.8 Å². The normalized spacial score (nSPS) is 91.5. The molecule has 1 spiro atoms. The van der Waals surface area contributed by atoms with Gasteiger partial charge in [-0.15, -0.1) is 0 Å². The van der Waals surface area contributed by atoms with Crippen molar-refractivity contribution in [3.05, 3.63) is 0 Å². The SMILES string of the molecule is FCCC(F)CP[C]12[CH]3[CH]4[CH]5[C]1(PCC(F)CCF)[Fe]43521678[CH]2[CH]1[CH]6[CH]7[CH]28. The van der Waals surface area contributed by atoms with Gasteiger partial charge in [-0.3, -0.25) is 0 Å². The van der Waals surface area contributed by atoms with Crippen molar-refractivity contribution in [1.29, 1.82) is 0 Å². The molecule has 0 amide bonds. The van der Waals surface area contributed by atoms with Crippen LogP contribution in [0.2, 0.25) is 38.5 Å². The molecular weight excluding hydrogens is 410 g/mol. The van der Waals surface area contributed by atoms with Gasteiger partial charge in [-0.2, -0.15) is 0 Å². The molecule has 0 aromatic rings. The summed E-state index contributed by atoms with van der Waals surface area (Å²) in [6.07, 6.45) is -0.546. The Morgan fingerprint density at radius 3 is 1.40 bits per heavy atom. The molecule has 0 aromatic heterocycles. The third-order valence-electron chi connectivity index (χ3n) is 16.9. The molecule has 10 saturated heterocycles. The van der Waals surface area contributed by atoms with Crippen LogP contribution in [0.15, 0.2) is 0 Å². The van der Waals surface area contributed by atoms with E-state index in [2.05, 4.69) is 0 Å². The van der Waals surface area contributed by atoms with Crippen molar-refractivity contribution in [3.8, 4) is 0 Å². The van der Waals surface area contributed by atoms with Gasteiger partial charge in [0.1, 0.15) is 0 Å². The third kappa shape index (κ3) is 0.221. The van der Waals surface area contributed by atoms with E-state index in [1.54, 1.807) is 0 Å². The van der Waals surface area contributed by atoms with Crippen molar-refractivity contribution >= 4 is 17.2 Å². The van der Waals surface area contributed by atoms with E-state index in [1.807, 2.05) is 0 Å². The van der Waals surface area contributed by atoms with Crippen molar-refractivity contribution < 1.29 is 24.1 Å². The molecule has 7 heteroatoms. The Balaban J connectivity index is 1.12. The van der Waals surface area contributed by atoms with E-state index < -0.39 is 32.2 Å². The van der Waals surface area contributed by atoms with Gasteiger partial charge in [-0.1, -0.05) is 0 Å². The van der Waals surface area contributed by atoms with E-state index in [1.165, 1.54) is 0 Å². The van der Waals surface area contributed by atoms with Crippen molar-refractivity contribution in [1.82, 2.24) is 0 Å². The zero-order chi connectivity index (χ0) is 16.7. The Morgan fingerprint density at radius 2 is 1.12 bits per heavy atom. The van der Waals surface area contributed by atoms with E-state index in [9.17, 15) is 17.6 Å². The molecule has 25 heavy (non-hydrogen) atoms. The predicted octanol–water partition coefficient (Wildman–Crippen LogP) is 5.94. The molecule has 0 nitrogen and oxygen atoms in total. The van der Waals surface area contributed by atoms with Gasteiger partial charge in [-0.05, 0) is 0 Å². The summed E-state index contributed by atoms with van der Waals surface area (Å²) >= 11 is 0. The molecule has 10 heterocycles. The van der Waals surface area contributed by atoms with Gasteiger partial charge in [-0.25, -0.2) is 0 Å². The van der Waals surface area contributed by atoms with E-state index in [0.717, 1.165) is 55.7 Å². The fourth-order valence-corrected chi connectivity index (χ4v) is 120. The molecular formula is C18H24F4FeP2. The second-order valence-electron chi connectivity index (χ2n) is 12.7. The van der Waals surface area contributed by atoms with Crippen LogP contribution >= 0.6 is 17.2 Å². The van der Waals surface area contributed by atoms with Crippen LogP contribution < -0.4 is 0 Å². The van der Waals surface area contributed by atoms with Crippen LogP contribution in [0.4, 0.5) is 17.6 Å². The van der Waals surface area contributed by atoms with Crippen LogP contribution in [-0.2, 0) is 6.51 Å². The van der Waals surface area contributed by atoms with Crippen LogP contribution in [0, 0.1) is 0 Å². The Bertz CT molecular complexity index is 1050. The topological polar surface area (TPSA) is 0 Å². The minimum absolute atomic E-state index is 0.0771. The average Bonchev–Trinajstić information content (AvgIpc) is 3.53. The zero-order valence-electron chi connectivity index (χ0n) is 13.9. The van der Waals surface area contributed by atoms with E-state index >= 15 is 0 Å². The Hall–Kier alpha value is 1.10. The maximum atomic E-state index is 14.2. The second kappa shape index (κ2) is 1.58. The third-order valence-corrected chi connectivity index (χ3v) is 72.7. The summed E-state index contributed by atoms with van der Waals surface area (Å²) in [6, 6.07) is 0. The van der Waals surface area contributed by atoms with Gasteiger partial charge in [0.25, 0.3) is 0 Å². The summed E-state index contributed by atoms with van der Waals surface area (Å²) in [4.78, 5) is 8.99. The maximum absolute atomic E-state index is 14.2. The monoisotopic (exact) mass is 434 g/mol.